The molecule has 0 aliphatic heterocycles. The zero-order valence-electron chi connectivity index (χ0n) is 10.9. The molecule has 2 fully saturated rings. The Morgan fingerprint density at radius 1 is 1.35 bits per heavy atom. The highest BCUT2D eigenvalue weighted by Crippen LogP contribution is 2.49. The molecular formula is C14H21NO2. The molecule has 0 radical (unpaired) electrons. The first-order valence-electron chi connectivity index (χ1n) is 6.58. The summed E-state index contributed by atoms with van der Waals surface area (Å²) in [6, 6.07) is 2.37. The van der Waals surface area contributed by atoms with Gasteiger partial charge in [0.1, 0.15) is 6.10 Å². The third-order valence-corrected chi connectivity index (χ3v) is 4.65. The molecule has 4 unspecified atom stereocenters. The van der Waals surface area contributed by atoms with Crippen LogP contribution in [0.5, 0.6) is 0 Å². The Kier molecular flexibility index (Phi) is 3.16. The van der Waals surface area contributed by atoms with Gasteiger partial charge in [-0.1, -0.05) is 6.92 Å². The van der Waals surface area contributed by atoms with Crippen LogP contribution in [-0.4, -0.2) is 12.1 Å². The van der Waals surface area contributed by atoms with Crippen LogP contribution < -0.4 is 0 Å². The van der Waals surface area contributed by atoms with E-state index in [1.54, 1.807) is 0 Å². The topological polar surface area (TPSA) is 50.1 Å². The fourth-order valence-electron chi connectivity index (χ4n) is 2.97. The second-order valence-corrected chi connectivity index (χ2v) is 6.14. The molecule has 2 saturated carbocycles. The van der Waals surface area contributed by atoms with Gasteiger partial charge >= 0.3 is 5.97 Å². The first kappa shape index (κ1) is 12.4. The summed E-state index contributed by atoms with van der Waals surface area (Å²) in [6.45, 7) is 5.87. The van der Waals surface area contributed by atoms with Crippen molar-refractivity contribution in [3.05, 3.63) is 0 Å². The first-order chi connectivity index (χ1) is 7.97. The number of nitriles is 1. The molecule has 0 saturated heterocycles. The third kappa shape index (κ3) is 2.18. The normalized spacial score (nSPS) is 35.6. The van der Waals surface area contributed by atoms with Crippen molar-refractivity contribution in [1.29, 1.82) is 5.26 Å². The average Bonchev–Trinajstić information content (AvgIpc) is 2.87. The van der Waals surface area contributed by atoms with Crippen LogP contribution in [0.4, 0.5) is 0 Å². The van der Waals surface area contributed by atoms with Gasteiger partial charge in [0.05, 0.1) is 11.5 Å². The lowest BCUT2D eigenvalue weighted by atomic mass is 9.87. The lowest BCUT2D eigenvalue weighted by molar-refractivity contribution is -0.162. The van der Waals surface area contributed by atoms with E-state index in [0.29, 0.717) is 11.8 Å². The summed E-state index contributed by atoms with van der Waals surface area (Å²) in [4.78, 5) is 12.0. The Hall–Kier alpha value is -1.04. The second kappa shape index (κ2) is 4.33. The highest BCUT2D eigenvalue weighted by Gasteiger charge is 2.48. The number of rotatable bonds is 3. The van der Waals surface area contributed by atoms with Gasteiger partial charge in [0.2, 0.25) is 0 Å². The number of ether oxygens (including phenoxy) is 1. The second-order valence-electron chi connectivity index (χ2n) is 6.14. The fourth-order valence-corrected chi connectivity index (χ4v) is 2.97. The summed E-state index contributed by atoms with van der Waals surface area (Å²) >= 11 is 0. The largest absolute Gasteiger partial charge is 0.462 e. The summed E-state index contributed by atoms with van der Waals surface area (Å²) in [5, 5.41) is 8.97. The van der Waals surface area contributed by atoms with E-state index in [1.165, 1.54) is 0 Å². The van der Waals surface area contributed by atoms with E-state index >= 15 is 0 Å². The number of esters is 1. The molecule has 17 heavy (non-hydrogen) atoms. The number of fused-ring (bicyclic) bond motifs is 2. The molecule has 0 aromatic heterocycles. The first-order valence-corrected chi connectivity index (χ1v) is 6.58. The van der Waals surface area contributed by atoms with Gasteiger partial charge in [-0.15, -0.1) is 0 Å². The number of hydrogen-bond acceptors (Lipinski definition) is 3. The summed E-state index contributed by atoms with van der Waals surface area (Å²) in [5.74, 6) is 1.02. The van der Waals surface area contributed by atoms with Crippen LogP contribution >= 0.6 is 0 Å². The molecule has 0 N–H and O–H groups in total. The minimum Gasteiger partial charge on any atom is -0.462 e. The third-order valence-electron chi connectivity index (χ3n) is 4.65. The van der Waals surface area contributed by atoms with Crippen LogP contribution in [0, 0.1) is 34.5 Å². The van der Waals surface area contributed by atoms with Crippen LogP contribution in [0.1, 0.15) is 46.5 Å². The van der Waals surface area contributed by atoms with Crippen molar-refractivity contribution in [3.8, 4) is 6.07 Å². The van der Waals surface area contributed by atoms with Gasteiger partial charge in [-0.3, -0.25) is 4.79 Å². The molecule has 4 atom stereocenters. The molecule has 2 rings (SSSR count). The average molecular weight is 235 g/mol. The van der Waals surface area contributed by atoms with Crippen molar-refractivity contribution < 1.29 is 9.53 Å². The van der Waals surface area contributed by atoms with Gasteiger partial charge < -0.3 is 4.74 Å². The van der Waals surface area contributed by atoms with Crippen molar-refractivity contribution >= 4 is 5.97 Å². The molecule has 94 valence electrons. The van der Waals surface area contributed by atoms with E-state index in [9.17, 15) is 4.79 Å². The quantitative estimate of drug-likeness (QED) is 0.707. The van der Waals surface area contributed by atoms with Crippen molar-refractivity contribution in [2.75, 3.05) is 0 Å². The smallest absolute Gasteiger partial charge is 0.311 e. The molecule has 3 nitrogen and oxygen atoms in total. The molecule has 3 heteroatoms. The Morgan fingerprint density at radius 3 is 2.53 bits per heavy atom. The van der Waals surface area contributed by atoms with Gasteiger partial charge in [0.25, 0.3) is 0 Å². The maximum atomic E-state index is 12.0. The van der Waals surface area contributed by atoms with Crippen molar-refractivity contribution in [2.24, 2.45) is 23.2 Å². The summed E-state index contributed by atoms with van der Waals surface area (Å²) in [5.41, 5.74) is -0.379. The molecule has 0 spiro atoms. The van der Waals surface area contributed by atoms with E-state index in [4.69, 9.17) is 10.00 Å². The monoisotopic (exact) mass is 235 g/mol. The van der Waals surface area contributed by atoms with Crippen LogP contribution in [0.3, 0.4) is 0 Å². The van der Waals surface area contributed by atoms with Gasteiger partial charge in [0.15, 0.2) is 0 Å². The number of hydrogen-bond donors (Lipinski definition) is 0. The molecule has 0 aromatic carbocycles. The van der Waals surface area contributed by atoms with Crippen molar-refractivity contribution in [3.63, 3.8) is 0 Å². The summed E-state index contributed by atoms with van der Waals surface area (Å²) in [6.07, 6.45) is 3.76. The molecule has 2 bridgehead atoms. The highest BCUT2D eigenvalue weighted by atomic mass is 16.5. The standard InChI is InChI=1S/C14H21NO2/c1-4-14(2,3)13(16)17-12-7-9-5-10(12)6-11(9)8-15/h9-12H,4-7H2,1-3H3. The van der Waals surface area contributed by atoms with E-state index in [-0.39, 0.29) is 23.4 Å². The van der Waals surface area contributed by atoms with E-state index < -0.39 is 0 Å². The minimum absolute atomic E-state index is 0.0722. The number of carbonyl (C=O) groups is 1. The number of carbonyl (C=O) groups excluding carboxylic acids is 1. The molecular weight excluding hydrogens is 214 g/mol. The Bertz CT molecular complexity index is 356. The number of nitrogens with zero attached hydrogens (tertiary/aromatic N) is 1. The lowest BCUT2D eigenvalue weighted by Crippen LogP contribution is -2.33. The maximum Gasteiger partial charge on any atom is 0.311 e. The zero-order valence-corrected chi connectivity index (χ0v) is 10.9. The van der Waals surface area contributed by atoms with Crippen molar-refractivity contribution in [1.82, 2.24) is 0 Å². The Balaban J connectivity index is 1.92. The van der Waals surface area contributed by atoms with Crippen LogP contribution in [-0.2, 0) is 9.53 Å². The van der Waals surface area contributed by atoms with Gasteiger partial charge in [0, 0.05) is 5.92 Å². The molecule has 0 heterocycles. The zero-order chi connectivity index (χ0) is 12.6. The maximum absolute atomic E-state index is 12.0. The summed E-state index contributed by atoms with van der Waals surface area (Å²) < 4.78 is 5.65. The minimum atomic E-state index is -0.379. The highest BCUT2D eigenvalue weighted by molar-refractivity contribution is 5.76. The van der Waals surface area contributed by atoms with Gasteiger partial charge in [-0.05, 0) is 51.4 Å². The van der Waals surface area contributed by atoms with Crippen molar-refractivity contribution in [2.45, 2.75) is 52.6 Å². The molecule has 2 aliphatic rings. The van der Waals surface area contributed by atoms with Crippen LogP contribution in [0.2, 0.25) is 0 Å². The SMILES string of the molecule is CCC(C)(C)C(=O)OC1CC2CC1CC2C#N. The van der Waals surface area contributed by atoms with Gasteiger partial charge in [-0.25, -0.2) is 0 Å². The van der Waals surface area contributed by atoms with Crippen LogP contribution in [0.15, 0.2) is 0 Å². The Morgan fingerprint density at radius 2 is 2.06 bits per heavy atom. The van der Waals surface area contributed by atoms with E-state index in [0.717, 1.165) is 25.7 Å². The molecule has 2 aliphatic carbocycles. The van der Waals surface area contributed by atoms with E-state index in [2.05, 4.69) is 6.07 Å². The fraction of sp³-hybridized carbons (Fsp3) is 0.857. The van der Waals surface area contributed by atoms with Crippen LogP contribution in [0.25, 0.3) is 0 Å². The molecule has 0 aromatic rings. The predicted octanol–water partition coefficient (Wildman–Crippen LogP) is 2.90. The summed E-state index contributed by atoms with van der Waals surface area (Å²) in [7, 11) is 0. The van der Waals surface area contributed by atoms with E-state index in [1.807, 2.05) is 20.8 Å². The van der Waals surface area contributed by atoms with Gasteiger partial charge in [-0.2, -0.15) is 5.26 Å². The predicted molar refractivity (Wildman–Crippen MR) is 63.9 cm³/mol. The Labute approximate surface area is 103 Å². The molecule has 0 amide bonds. The lowest BCUT2D eigenvalue weighted by Gasteiger charge is -2.28.